The van der Waals surface area contributed by atoms with Gasteiger partial charge in [0.15, 0.2) is 0 Å². The van der Waals surface area contributed by atoms with Gasteiger partial charge >= 0.3 is 0 Å². The highest BCUT2D eigenvalue weighted by atomic mass is 32.2. The van der Waals surface area contributed by atoms with Crippen molar-refractivity contribution in [2.75, 3.05) is 13.1 Å². The van der Waals surface area contributed by atoms with Gasteiger partial charge in [0.2, 0.25) is 20.9 Å². The number of likely N-dealkylation sites (tertiary alicyclic amines) is 1. The number of carbonyl (C=O) groups is 1. The van der Waals surface area contributed by atoms with Gasteiger partial charge in [-0.25, -0.2) is 8.42 Å². The number of amides is 1. The minimum absolute atomic E-state index is 0.0306. The number of aromatic nitrogens is 3. The van der Waals surface area contributed by atoms with Gasteiger partial charge in [-0.1, -0.05) is 20.8 Å². The van der Waals surface area contributed by atoms with Crippen LogP contribution in [0.1, 0.15) is 20.8 Å². The minimum atomic E-state index is -3.51. The minimum Gasteiger partial charge on any atom is -0.339 e. The second-order valence-corrected chi connectivity index (χ2v) is 7.97. The molecule has 8 heteroatoms. The van der Waals surface area contributed by atoms with Gasteiger partial charge in [-0.05, 0) is 0 Å². The first-order chi connectivity index (χ1) is 8.64. The van der Waals surface area contributed by atoms with E-state index in [0.717, 1.165) is 0 Å². The predicted molar refractivity (Wildman–Crippen MR) is 68.0 cm³/mol. The number of rotatable bonds is 2. The molecule has 0 saturated carbocycles. The van der Waals surface area contributed by atoms with E-state index in [0.29, 0.717) is 0 Å². The van der Waals surface area contributed by atoms with E-state index in [1.807, 2.05) is 20.8 Å². The molecule has 0 N–H and O–H groups in total. The lowest BCUT2D eigenvalue weighted by Gasteiger charge is -2.41. The van der Waals surface area contributed by atoms with Crippen molar-refractivity contribution in [3.05, 3.63) is 6.33 Å². The first kappa shape index (κ1) is 14.0. The zero-order chi connectivity index (χ0) is 14.4. The van der Waals surface area contributed by atoms with Crippen molar-refractivity contribution < 1.29 is 13.2 Å². The monoisotopic (exact) mass is 286 g/mol. The van der Waals surface area contributed by atoms with Crippen LogP contribution in [-0.4, -0.2) is 52.3 Å². The molecule has 1 aliphatic rings. The molecule has 1 fully saturated rings. The van der Waals surface area contributed by atoms with E-state index in [-0.39, 0.29) is 24.2 Å². The zero-order valence-corrected chi connectivity index (χ0v) is 12.3. The molecule has 1 aromatic heterocycles. The Hall–Kier alpha value is -1.44. The van der Waals surface area contributed by atoms with Crippen LogP contribution >= 0.6 is 0 Å². The highest BCUT2D eigenvalue weighted by Gasteiger charge is 2.44. The van der Waals surface area contributed by atoms with Crippen LogP contribution in [-0.2, 0) is 21.7 Å². The van der Waals surface area contributed by atoms with E-state index in [4.69, 9.17) is 0 Å². The topological polar surface area (TPSA) is 85.2 Å². The molecule has 0 bridgehead atoms. The Kier molecular flexibility index (Phi) is 3.16. The number of nitrogens with zero attached hydrogens (tertiary/aromatic N) is 4. The molecular weight excluding hydrogens is 268 g/mol. The second kappa shape index (κ2) is 4.29. The summed E-state index contributed by atoms with van der Waals surface area (Å²) in [5, 5.41) is 6.58. The fraction of sp³-hybridized carbons (Fsp3) is 0.727. The molecule has 1 aliphatic heterocycles. The molecule has 2 heterocycles. The van der Waals surface area contributed by atoms with Crippen molar-refractivity contribution >= 4 is 15.7 Å². The van der Waals surface area contributed by atoms with Gasteiger partial charge in [0.05, 0.1) is 0 Å². The summed E-state index contributed by atoms with van der Waals surface area (Å²) in [6, 6.07) is 0. The van der Waals surface area contributed by atoms with Gasteiger partial charge in [0, 0.05) is 25.6 Å². The summed E-state index contributed by atoms with van der Waals surface area (Å²) in [4.78, 5) is 13.5. The van der Waals surface area contributed by atoms with Crippen molar-refractivity contribution in [1.82, 2.24) is 19.7 Å². The standard InChI is InChI=1S/C11H18N4O3S/c1-11(2,3)9(16)15-5-8(6-15)19(17,18)10-13-12-7-14(10)4/h7-8H,5-6H2,1-4H3. The third-order valence-electron chi connectivity index (χ3n) is 3.14. The smallest absolute Gasteiger partial charge is 0.249 e. The summed E-state index contributed by atoms with van der Waals surface area (Å²) < 4.78 is 25.9. The molecule has 7 nitrogen and oxygen atoms in total. The molecule has 106 valence electrons. The average molecular weight is 286 g/mol. The maximum Gasteiger partial charge on any atom is 0.249 e. The molecule has 0 unspecified atom stereocenters. The third-order valence-corrected chi connectivity index (χ3v) is 5.19. The average Bonchev–Trinajstić information content (AvgIpc) is 2.60. The zero-order valence-electron chi connectivity index (χ0n) is 11.5. The van der Waals surface area contributed by atoms with E-state index in [1.54, 1.807) is 11.9 Å². The summed E-state index contributed by atoms with van der Waals surface area (Å²) in [5.41, 5.74) is -0.487. The Morgan fingerprint density at radius 3 is 2.37 bits per heavy atom. The molecule has 1 saturated heterocycles. The molecule has 2 rings (SSSR count). The Bertz CT molecular complexity index is 594. The van der Waals surface area contributed by atoms with E-state index >= 15 is 0 Å². The van der Waals surface area contributed by atoms with Crippen molar-refractivity contribution in [2.24, 2.45) is 12.5 Å². The molecule has 0 radical (unpaired) electrons. The quantitative estimate of drug-likeness (QED) is 0.754. The largest absolute Gasteiger partial charge is 0.339 e. The van der Waals surface area contributed by atoms with E-state index in [9.17, 15) is 13.2 Å². The van der Waals surface area contributed by atoms with Gasteiger partial charge in [0.25, 0.3) is 0 Å². The number of sulfone groups is 1. The van der Waals surface area contributed by atoms with Crippen LogP contribution in [0.15, 0.2) is 11.5 Å². The number of hydrogen-bond donors (Lipinski definition) is 0. The SMILES string of the molecule is Cn1cnnc1S(=O)(=O)C1CN(C(=O)C(C)(C)C)C1. The lowest BCUT2D eigenvalue weighted by molar-refractivity contribution is -0.142. The fourth-order valence-electron chi connectivity index (χ4n) is 1.95. The van der Waals surface area contributed by atoms with Gasteiger partial charge in [0.1, 0.15) is 11.6 Å². The maximum atomic E-state index is 12.3. The van der Waals surface area contributed by atoms with Crippen molar-refractivity contribution in [3.63, 3.8) is 0 Å². The van der Waals surface area contributed by atoms with E-state index < -0.39 is 20.5 Å². The molecule has 1 amide bonds. The normalized spacial score (nSPS) is 17.4. The predicted octanol–water partition coefficient (Wildman–Crippen LogP) is -0.154. The van der Waals surface area contributed by atoms with Gasteiger partial charge in [-0.15, -0.1) is 10.2 Å². The first-order valence-corrected chi connectivity index (χ1v) is 7.56. The van der Waals surface area contributed by atoms with Crippen molar-refractivity contribution in [3.8, 4) is 0 Å². The Morgan fingerprint density at radius 2 is 1.95 bits per heavy atom. The highest BCUT2D eigenvalue weighted by molar-refractivity contribution is 7.92. The summed E-state index contributed by atoms with van der Waals surface area (Å²) in [5.74, 6) is -0.0306. The van der Waals surface area contributed by atoms with Gasteiger partial charge in [-0.2, -0.15) is 0 Å². The molecule has 0 spiro atoms. The van der Waals surface area contributed by atoms with Gasteiger partial charge in [-0.3, -0.25) is 4.79 Å². The van der Waals surface area contributed by atoms with Crippen molar-refractivity contribution in [1.29, 1.82) is 0 Å². The van der Waals surface area contributed by atoms with Crippen LogP contribution in [0.25, 0.3) is 0 Å². The first-order valence-electron chi connectivity index (χ1n) is 6.01. The van der Waals surface area contributed by atoms with Crippen molar-refractivity contribution in [2.45, 2.75) is 31.2 Å². The summed E-state index contributed by atoms with van der Waals surface area (Å²) >= 11 is 0. The summed E-state index contributed by atoms with van der Waals surface area (Å²) in [6.07, 6.45) is 1.35. The fourth-order valence-corrected chi connectivity index (χ4v) is 3.61. The molecule has 0 atom stereocenters. The third kappa shape index (κ3) is 2.36. The number of aryl methyl sites for hydroxylation is 1. The second-order valence-electron chi connectivity index (χ2n) is 5.85. The van der Waals surface area contributed by atoms with Crippen LogP contribution in [0, 0.1) is 5.41 Å². The lowest BCUT2D eigenvalue weighted by Crippen LogP contribution is -2.59. The number of carbonyl (C=O) groups excluding carboxylic acids is 1. The molecule has 0 aliphatic carbocycles. The molecule has 1 aromatic rings. The lowest BCUT2D eigenvalue weighted by atomic mass is 9.93. The Labute approximate surface area is 112 Å². The van der Waals surface area contributed by atoms with Crippen LogP contribution in [0.3, 0.4) is 0 Å². The number of hydrogen-bond acceptors (Lipinski definition) is 5. The molecular formula is C11H18N4O3S. The highest BCUT2D eigenvalue weighted by Crippen LogP contribution is 2.26. The van der Waals surface area contributed by atoms with Crippen LogP contribution in [0.5, 0.6) is 0 Å². The molecule has 19 heavy (non-hydrogen) atoms. The maximum absolute atomic E-state index is 12.3. The van der Waals surface area contributed by atoms with Crippen LogP contribution < -0.4 is 0 Å². The van der Waals surface area contributed by atoms with Crippen LogP contribution in [0.2, 0.25) is 0 Å². The Morgan fingerprint density at radius 1 is 1.37 bits per heavy atom. The summed E-state index contributed by atoms with van der Waals surface area (Å²) in [6.45, 7) is 5.91. The summed E-state index contributed by atoms with van der Waals surface area (Å²) in [7, 11) is -1.92. The van der Waals surface area contributed by atoms with E-state index in [1.165, 1.54) is 10.9 Å². The van der Waals surface area contributed by atoms with Crippen LogP contribution in [0.4, 0.5) is 0 Å². The van der Waals surface area contributed by atoms with Gasteiger partial charge < -0.3 is 9.47 Å². The molecule has 0 aromatic carbocycles. The Balaban J connectivity index is 2.09. The van der Waals surface area contributed by atoms with E-state index in [2.05, 4.69) is 10.2 Å².